The van der Waals surface area contributed by atoms with Crippen LogP contribution in [-0.4, -0.2) is 18.2 Å². The quantitative estimate of drug-likeness (QED) is 0.343. The lowest BCUT2D eigenvalue weighted by Crippen LogP contribution is -2.19. The van der Waals surface area contributed by atoms with Crippen LogP contribution in [-0.2, 0) is 4.79 Å². The van der Waals surface area contributed by atoms with Crippen molar-refractivity contribution >= 4 is 62.1 Å². The molecule has 0 saturated carbocycles. The highest BCUT2D eigenvalue weighted by molar-refractivity contribution is 9.11. The summed E-state index contributed by atoms with van der Waals surface area (Å²) in [6.45, 7) is 2.24. The van der Waals surface area contributed by atoms with Crippen molar-refractivity contribution in [3.8, 4) is 5.75 Å². The fourth-order valence-electron chi connectivity index (χ4n) is 1.77. The normalized spacial score (nSPS) is 11.4. The smallest absolute Gasteiger partial charge is 0.240 e. The Balaban J connectivity index is 1.71. The topological polar surface area (TPSA) is 50.7 Å². The molecule has 0 unspecified atom stereocenters. The SMILES string of the molecule is C/C(=N\NC(=O)CCCOc1ccc(Cl)cc1Cl)c1ccc(Br)s1. The minimum absolute atomic E-state index is 0.157. The molecule has 2 rings (SSSR count). The second-order valence-electron chi connectivity index (χ2n) is 4.86. The molecule has 8 heteroatoms. The van der Waals surface area contributed by atoms with Crippen molar-refractivity contribution in [2.45, 2.75) is 19.8 Å². The Kier molecular flexibility index (Phi) is 7.55. The average Bonchev–Trinajstić information content (AvgIpc) is 2.97. The molecule has 1 aromatic heterocycles. The van der Waals surface area contributed by atoms with Crippen LogP contribution in [0.5, 0.6) is 5.75 Å². The number of amides is 1. The first kappa shape index (κ1) is 19.2. The molecule has 1 heterocycles. The highest BCUT2D eigenvalue weighted by atomic mass is 79.9. The van der Waals surface area contributed by atoms with E-state index < -0.39 is 0 Å². The summed E-state index contributed by atoms with van der Waals surface area (Å²) in [6, 6.07) is 8.92. The summed E-state index contributed by atoms with van der Waals surface area (Å²) >= 11 is 16.8. The van der Waals surface area contributed by atoms with Gasteiger partial charge in [-0.1, -0.05) is 23.2 Å². The van der Waals surface area contributed by atoms with Crippen molar-refractivity contribution in [2.24, 2.45) is 5.10 Å². The number of rotatable bonds is 7. The zero-order valence-corrected chi connectivity index (χ0v) is 16.7. The molecule has 2 aromatic rings. The maximum absolute atomic E-state index is 11.8. The van der Waals surface area contributed by atoms with Gasteiger partial charge in [-0.25, -0.2) is 5.43 Å². The van der Waals surface area contributed by atoms with Crippen LogP contribution < -0.4 is 10.2 Å². The number of halogens is 3. The van der Waals surface area contributed by atoms with Crippen LogP contribution in [0.4, 0.5) is 0 Å². The van der Waals surface area contributed by atoms with Crippen LogP contribution in [0.3, 0.4) is 0 Å². The predicted octanol–water partition coefficient (Wildman–Crippen LogP) is 5.52. The van der Waals surface area contributed by atoms with E-state index in [0.29, 0.717) is 35.2 Å². The van der Waals surface area contributed by atoms with E-state index in [2.05, 4.69) is 26.5 Å². The van der Waals surface area contributed by atoms with Crippen molar-refractivity contribution < 1.29 is 9.53 Å². The summed E-state index contributed by atoms with van der Waals surface area (Å²) in [5.74, 6) is 0.398. The van der Waals surface area contributed by atoms with E-state index >= 15 is 0 Å². The van der Waals surface area contributed by atoms with Crippen LogP contribution in [0.1, 0.15) is 24.6 Å². The maximum atomic E-state index is 11.8. The molecule has 0 spiro atoms. The van der Waals surface area contributed by atoms with Crippen molar-refractivity contribution in [1.82, 2.24) is 5.43 Å². The number of hydrogen-bond donors (Lipinski definition) is 1. The molecule has 4 nitrogen and oxygen atoms in total. The molecule has 0 bridgehead atoms. The fourth-order valence-corrected chi connectivity index (χ4v) is 3.57. The number of nitrogens with zero attached hydrogens (tertiary/aromatic N) is 1. The Morgan fingerprint density at radius 1 is 1.33 bits per heavy atom. The van der Waals surface area contributed by atoms with E-state index in [1.54, 1.807) is 29.5 Å². The third-order valence-corrected chi connectivity index (χ3v) is 5.24. The number of carbonyl (C=O) groups excluding carboxylic acids is 1. The number of carbonyl (C=O) groups is 1. The van der Waals surface area contributed by atoms with Gasteiger partial charge in [0, 0.05) is 11.4 Å². The van der Waals surface area contributed by atoms with Gasteiger partial charge in [0.2, 0.25) is 5.91 Å². The van der Waals surface area contributed by atoms with E-state index in [1.807, 2.05) is 19.1 Å². The van der Waals surface area contributed by atoms with Gasteiger partial charge in [0.25, 0.3) is 0 Å². The molecular formula is C16H15BrCl2N2O2S. The van der Waals surface area contributed by atoms with Gasteiger partial charge in [0.15, 0.2) is 0 Å². The second-order valence-corrected chi connectivity index (χ2v) is 8.17. The number of benzene rings is 1. The van der Waals surface area contributed by atoms with Gasteiger partial charge >= 0.3 is 0 Å². The van der Waals surface area contributed by atoms with Crippen molar-refractivity contribution in [3.63, 3.8) is 0 Å². The predicted molar refractivity (Wildman–Crippen MR) is 104 cm³/mol. The monoisotopic (exact) mass is 448 g/mol. The highest BCUT2D eigenvalue weighted by Crippen LogP contribution is 2.27. The summed E-state index contributed by atoms with van der Waals surface area (Å²) in [6.07, 6.45) is 0.875. The van der Waals surface area contributed by atoms with Crippen LogP contribution in [0.2, 0.25) is 10.0 Å². The van der Waals surface area contributed by atoms with Gasteiger partial charge < -0.3 is 4.74 Å². The zero-order valence-electron chi connectivity index (χ0n) is 12.8. The molecule has 0 radical (unpaired) electrons. The summed E-state index contributed by atoms with van der Waals surface area (Å²) in [4.78, 5) is 12.8. The first-order chi connectivity index (χ1) is 11.5. The van der Waals surface area contributed by atoms with E-state index in [-0.39, 0.29) is 5.91 Å². The Morgan fingerprint density at radius 3 is 2.79 bits per heavy atom. The van der Waals surface area contributed by atoms with E-state index in [4.69, 9.17) is 27.9 Å². The van der Waals surface area contributed by atoms with Crippen LogP contribution in [0.15, 0.2) is 39.2 Å². The Labute approximate surface area is 162 Å². The molecule has 0 aliphatic rings. The molecule has 1 N–H and O–H groups in total. The molecule has 128 valence electrons. The molecule has 0 aliphatic heterocycles. The van der Waals surface area contributed by atoms with Crippen LogP contribution >= 0.6 is 50.5 Å². The third-order valence-electron chi connectivity index (χ3n) is 2.98. The molecule has 24 heavy (non-hydrogen) atoms. The van der Waals surface area contributed by atoms with E-state index in [9.17, 15) is 4.79 Å². The van der Waals surface area contributed by atoms with Crippen LogP contribution in [0.25, 0.3) is 0 Å². The maximum Gasteiger partial charge on any atom is 0.240 e. The second kappa shape index (κ2) is 9.42. The first-order valence-corrected chi connectivity index (χ1v) is 9.49. The molecule has 0 saturated heterocycles. The van der Waals surface area contributed by atoms with Gasteiger partial charge in [-0.05, 0) is 59.6 Å². The lowest BCUT2D eigenvalue weighted by molar-refractivity contribution is -0.121. The Hall–Kier alpha value is -1.08. The van der Waals surface area contributed by atoms with E-state index in [1.165, 1.54) is 0 Å². The van der Waals surface area contributed by atoms with Gasteiger partial charge in [-0.2, -0.15) is 5.10 Å². The first-order valence-electron chi connectivity index (χ1n) is 7.12. The van der Waals surface area contributed by atoms with Gasteiger partial charge in [0.05, 0.1) is 26.0 Å². The number of hydrazone groups is 1. The van der Waals surface area contributed by atoms with Crippen molar-refractivity contribution in [2.75, 3.05) is 6.61 Å². The third kappa shape index (κ3) is 6.09. The lowest BCUT2D eigenvalue weighted by atomic mass is 10.3. The number of ether oxygens (including phenoxy) is 1. The molecular weight excluding hydrogens is 435 g/mol. The highest BCUT2D eigenvalue weighted by Gasteiger charge is 2.05. The van der Waals surface area contributed by atoms with Crippen molar-refractivity contribution in [3.05, 3.63) is 49.0 Å². The minimum atomic E-state index is -0.157. The van der Waals surface area contributed by atoms with Gasteiger partial charge in [0.1, 0.15) is 5.75 Å². The number of nitrogens with one attached hydrogen (secondary N) is 1. The lowest BCUT2D eigenvalue weighted by Gasteiger charge is -2.07. The molecule has 0 aliphatic carbocycles. The van der Waals surface area contributed by atoms with Gasteiger partial charge in [-0.15, -0.1) is 11.3 Å². The molecule has 1 aromatic carbocycles. The largest absolute Gasteiger partial charge is 0.492 e. The summed E-state index contributed by atoms with van der Waals surface area (Å²) < 4.78 is 6.55. The molecule has 0 atom stereocenters. The summed E-state index contributed by atoms with van der Waals surface area (Å²) in [7, 11) is 0. The number of thiophene rings is 1. The Bertz CT molecular complexity index is 749. The fraction of sp³-hybridized carbons (Fsp3) is 0.250. The standard InChI is InChI=1S/C16H15BrCl2N2O2S/c1-10(14-6-7-15(17)24-14)20-21-16(22)3-2-8-23-13-5-4-11(18)9-12(13)19/h4-7,9H,2-3,8H2,1H3,(H,21,22)/b20-10+. The van der Waals surface area contributed by atoms with Crippen molar-refractivity contribution in [1.29, 1.82) is 0 Å². The number of hydrogen-bond acceptors (Lipinski definition) is 4. The van der Waals surface area contributed by atoms with Gasteiger partial charge in [-0.3, -0.25) is 4.79 Å². The summed E-state index contributed by atoms with van der Waals surface area (Å²) in [5, 5.41) is 5.10. The summed E-state index contributed by atoms with van der Waals surface area (Å²) in [5.41, 5.74) is 3.32. The average molecular weight is 450 g/mol. The zero-order chi connectivity index (χ0) is 17.5. The Morgan fingerprint density at radius 2 is 2.12 bits per heavy atom. The molecule has 1 amide bonds. The minimum Gasteiger partial charge on any atom is -0.492 e. The molecule has 0 fully saturated rings. The van der Waals surface area contributed by atoms with E-state index in [0.717, 1.165) is 14.4 Å². The van der Waals surface area contributed by atoms with Crippen LogP contribution in [0, 0.1) is 0 Å².